The van der Waals surface area contributed by atoms with Crippen LogP contribution in [0, 0.1) is 0 Å². The van der Waals surface area contributed by atoms with E-state index in [1.807, 2.05) is 12.1 Å². The van der Waals surface area contributed by atoms with Gasteiger partial charge in [0.25, 0.3) is 0 Å². The monoisotopic (exact) mass is 326 g/mol. The molecule has 1 unspecified atom stereocenters. The zero-order valence-electron chi connectivity index (χ0n) is 12.1. The molecular weight excluding hydrogens is 308 g/mol. The maximum Gasteiger partial charge on any atom is 0.180 e. The highest BCUT2D eigenvalue weighted by Crippen LogP contribution is 2.37. The van der Waals surface area contributed by atoms with Crippen LogP contribution in [0.25, 0.3) is 0 Å². The Labute approximate surface area is 133 Å². The van der Waals surface area contributed by atoms with Gasteiger partial charge in [0.2, 0.25) is 0 Å². The van der Waals surface area contributed by atoms with Gasteiger partial charge in [-0.1, -0.05) is 18.5 Å². The minimum atomic E-state index is 0.120. The lowest BCUT2D eigenvalue weighted by Gasteiger charge is -2.15. The lowest BCUT2D eigenvalue weighted by molar-refractivity contribution is 0.287. The Morgan fingerprint density at radius 3 is 2.86 bits per heavy atom. The molecule has 1 heterocycles. The maximum absolute atomic E-state index is 6.32. The molecule has 0 amide bonds. The van der Waals surface area contributed by atoms with Gasteiger partial charge in [-0.2, -0.15) is 0 Å². The number of rotatable bonds is 7. The molecule has 2 N–H and O–H groups in total. The van der Waals surface area contributed by atoms with Crippen molar-refractivity contribution in [2.45, 2.75) is 32.4 Å². The fourth-order valence-corrected chi connectivity index (χ4v) is 2.73. The van der Waals surface area contributed by atoms with Crippen LogP contribution < -0.4 is 15.2 Å². The fourth-order valence-electron chi connectivity index (χ4n) is 1.93. The molecule has 0 fully saturated rings. The Balaban J connectivity index is 2.16. The summed E-state index contributed by atoms with van der Waals surface area (Å²) in [5.41, 5.74) is 8.81. The molecule has 114 valence electrons. The average molecular weight is 327 g/mol. The van der Waals surface area contributed by atoms with Crippen molar-refractivity contribution in [3.05, 3.63) is 39.3 Å². The lowest BCUT2D eigenvalue weighted by atomic mass is 10.0. The molecule has 21 heavy (non-hydrogen) atoms. The molecule has 0 aliphatic rings. The predicted octanol–water partition coefficient (Wildman–Crippen LogP) is 3.66. The Hall–Kier alpha value is -1.30. The average Bonchev–Trinajstić information content (AvgIpc) is 2.98. The van der Waals surface area contributed by atoms with Gasteiger partial charge in [0.05, 0.1) is 22.5 Å². The summed E-state index contributed by atoms with van der Waals surface area (Å²) < 4.78 is 11.2. The summed E-state index contributed by atoms with van der Waals surface area (Å²) >= 11 is 7.86. The van der Waals surface area contributed by atoms with Gasteiger partial charge in [-0.05, 0) is 30.5 Å². The second-order valence-electron chi connectivity index (χ2n) is 4.74. The number of nitrogens with two attached hydrogens (primary N) is 1. The number of hydrogen-bond donors (Lipinski definition) is 1. The van der Waals surface area contributed by atoms with E-state index in [9.17, 15) is 0 Å². The number of aromatic nitrogens is 1. The summed E-state index contributed by atoms with van der Waals surface area (Å²) in [5, 5.41) is 0.539. The van der Waals surface area contributed by atoms with E-state index in [2.05, 4.69) is 11.9 Å². The number of benzene rings is 1. The van der Waals surface area contributed by atoms with Crippen LogP contribution in [0.5, 0.6) is 11.5 Å². The Bertz CT molecular complexity index is 575. The van der Waals surface area contributed by atoms with E-state index in [0.29, 0.717) is 23.1 Å². The molecule has 0 saturated carbocycles. The molecule has 1 aromatic heterocycles. The van der Waals surface area contributed by atoms with E-state index >= 15 is 0 Å². The van der Waals surface area contributed by atoms with Crippen LogP contribution in [0.2, 0.25) is 5.02 Å². The van der Waals surface area contributed by atoms with Crippen molar-refractivity contribution in [2.75, 3.05) is 7.11 Å². The molecule has 1 atom stereocenters. The first kappa shape index (κ1) is 16.1. The topological polar surface area (TPSA) is 57.4 Å². The van der Waals surface area contributed by atoms with E-state index in [0.717, 1.165) is 23.3 Å². The van der Waals surface area contributed by atoms with Gasteiger partial charge in [-0.25, -0.2) is 0 Å². The van der Waals surface area contributed by atoms with Gasteiger partial charge < -0.3 is 15.2 Å². The van der Waals surface area contributed by atoms with E-state index in [1.54, 1.807) is 18.8 Å². The van der Waals surface area contributed by atoms with Crippen LogP contribution in [-0.2, 0) is 13.0 Å². The first-order chi connectivity index (χ1) is 10.1. The SMILES string of the molecule is CCC(N)Cc1cc(Cl)c(OCc2cncs2)c(OC)c1. The molecule has 0 radical (unpaired) electrons. The van der Waals surface area contributed by atoms with Crippen molar-refractivity contribution in [1.82, 2.24) is 4.98 Å². The number of hydrogen-bond acceptors (Lipinski definition) is 5. The third-order valence-electron chi connectivity index (χ3n) is 3.15. The molecule has 0 saturated heterocycles. The number of halogens is 1. The Morgan fingerprint density at radius 2 is 2.24 bits per heavy atom. The molecule has 4 nitrogen and oxygen atoms in total. The van der Waals surface area contributed by atoms with Crippen molar-refractivity contribution in [3.8, 4) is 11.5 Å². The number of thiazole rings is 1. The molecule has 0 aliphatic heterocycles. The maximum atomic E-state index is 6.32. The number of ether oxygens (including phenoxy) is 2. The zero-order chi connectivity index (χ0) is 15.2. The zero-order valence-corrected chi connectivity index (χ0v) is 13.7. The highest BCUT2D eigenvalue weighted by molar-refractivity contribution is 7.09. The van der Waals surface area contributed by atoms with Crippen LogP contribution in [0.15, 0.2) is 23.8 Å². The molecule has 2 rings (SSSR count). The summed E-state index contributed by atoms with van der Waals surface area (Å²) in [5.74, 6) is 1.19. The fraction of sp³-hybridized carbons (Fsp3) is 0.400. The van der Waals surface area contributed by atoms with Crippen molar-refractivity contribution in [3.63, 3.8) is 0 Å². The van der Waals surface area contributed by atoms with E-state index in [4.69, 9.17) is 26.8 Å². The smallest absolute Gasteiger partial charge is 0.180 e. The van der Waals surface area contributed by atoms with Gasteiger partial charge in [-0.15, -0.1) is 11.3 Å². The van der Waals surface area contributed by atoms with Gasteiger partial charge in [0.1, 0.15) is 6.61 Å². The third-order valence-corrected chi connectivity index (χ3v) is 4.19. The Morgan fingerprint density at radius 1 is 1.43 bits per heavy atom. The third kappa shape index (κ3) is 4.33. The minimum absolute atomic E-state index is 0.120. The van der Waals surface area contributed by atoms with Gasteiger partial charge in [0, 0.05) is 12.2 Å². The predicted molar refractivity (Wildman–Crippen MR) is 86.4 cm³/mol. The van der Waals surface area contributed by atoms with Crippen LogP contribution in [-0.4, -0.2) is 18.1 Å². The van der Waals surface area contributed by atoms with Crippen molar-refractivity contribution in [2.24, 2.45) is 5.73 Å². The first-order valence-electron chi connectivity index (χ1n) is 6.76. The molecular formula is C15H19ClN2O2S. The van der Waals surface area contributed by atoms with Crippen molar-refractivity contribution < 1.29 is 9.47 Å². The van der Waals surface area contributed by atoms with Crippen molar-refractivity contribution in [1.29, 1.82) is 0 Å². The Kier molecular flexibility index (Phi) is 5.85. The van der Waals surface area contributed by atoms with E-state index < -0.39 is 0 Å². The quantitative estimate of drug-likeness (QED) is 0.843. The highest BCUT2D eigenvalue weighted by Gasteiger charge is 2.14. The highest BCUT2D eigenvalue weighted by atomic mass is 35.5. The molecule has 1 aromatic carbocycles. The van der Waals surface area contributed by atoms with Crippen molar-refractivity contribution >= 4 is 22.9 Å². The van der Waals surface area contributed by atoms with Gasteiger partial charge >= 0.3 is 0 Å². The normalized spacial score (nSPS) is 12.2. The second-order valence-corrected chi connectivity index (χ2v) is 6.12. The summed E-state index contributed by atoms with van der Waals surface area (Å²) in [7, 11) is 1.61. The second kappa shape index (κ2) is 7.64. The van der Waals surface area contributed by atoms with Crippen LogP contribution in [0.1, 0.15) is 23.8 Å². The number of nitrogens with zero attached hydrogens (tertiary/aromatic N) is 1. The largest absolute Gasteiger partial charge is 0.493 e. The first-order valence-corrected chi connectivity index (χ1v) is 8.02. The van der Waals surface area contributed by atoms with Crippen LogP contribution in [0.4, 0.5) is 0 Å². The molecule has 2 aromatic rings. The van der Waals surface area contributed by atoms with Crippen LogP contribution >= 0.6 is 22.9 Å². The van der Waals surface area contributed by atoms with E-state index in [1.165, 1.54) is 11.3 Å². The van der Waals surface area contributed by atoms with Gasteiger partial charge in [-0.3, -0.25) is 4.98 Å². The summed E-state index contributed by atoms with van der Waals surface area (Å²) in [6.45, 7) is 2.49. The molecule has 0 spiro atoms. The standard InChI is InChI=1S/C15H19ClN2O2S/c1-3-11(17)4-10-5-13(16)15(14(6-10)19-2)20-8-12-7-18-9-21-12/h5-7,9,11H,3-4,8,17H2,1-2H3. The summed E-state index contributed by atoms with van der Waals surface area (Å²) in [6.07, 6.45) is 3.46. The summed E-state index contributed by atoms with van der Waals surface area (Å²) in [6, 6.07) is 3.94. The molecule has 0 bridgehead atoms. The molecule has 0 aliphatic carbocycles. The number of methoxy groups -OCH3 is 1. The lowest BCUT2D eigenvalue weighted by Crippen LogP contribution is -2.21. The van der Waals surface area contributed by atoms with Crippen LogP contribution in [0.3, 0.4) is 0 Å². The molecule has 6 heteroatoms. The summed E-state index contributed by atoms with van der Waals surface area (Å²) in [4.78, 5) is 5.05. The van der Waals surface area contributed by atoms with E-state index in [-0.39, 0.29) is 6.04 Å². The minimum Gasteiger partial charge on any atom is -0.493 e. The van der Waals surface area contributed by atoms with Gasteiger partial charge in [0.15, 0.2) is 11.5 Å².